The van der Waals surface area contributed by atoms with E-state index < -0.39 is 0 Å². The molecule has 0 saturated heterocycles. The summed E-state index contributed by atoms with van der Waals surface area (Å²) in [6, 6.07) is 12.8. The Kier molecular flexibility index (Phi) is 5.57. The summed E-state index contributed by atoms with van der Waals surface area (Å²) in [5.41, 5.74) is 6.53. The zero-order valence-electron chi connectivity index (χ0n) is 16.5. The smallest absolute Gasteiger partial charge is 0.0771 e. The summed E-state index contributed by atoms with van der Waals surface area (Å²) in [7, 11) is 0. The molecule has 1 atom stereocenters. The number of hydrogen-bond acceptors (Lipinski definition) is 2. The molecule has 0 fully saturated rings. The molecular weight excluding hydrogens is 384 g/mol. The molecule has 0 amide bonds. The Hall–Kier alpha value is -1.61. The normalized spacial score (nSPS) is 19.0. The summed E-state index contributed by atoms with van der Waals surface area (Å²) in [5, 5.41) is 0. The molecule has 1 aliphatic heterocycles. The Balaban J connectivity index is 2.02. The van der Waals surface area contributed by atoms with Gasteiger partial charge in [-0.2, -0.15) is 0 Å². The summed E-state index contributed by atoms with van der Waals surface area (Å²) in [4.78, 5) is 7.31. The van der Waals surface area contributed by atoms with Crippen molar-refractivity contribution in [3.8, 4) is 0 Å². The number of aliphatic imine (C=N–C) groups is 1. The maximum absolute atomic E-state index is 4.71. The maximum Gasteiger partial charge on any atom is 0.0771 e. The Morgan fingerprint density at radius 3 is 2.69 bits per heavy atom. The minimum atomic E-state index is 0.208. The molecular formula is C23H29BrN2. The van der Waals surface area contributed by atoms with Crippen molar-refractivity contribution in [2.24, 2.45) is 4.99 Å². The van der Waals surface area contributed by atoms with Gasteiger partial charge in [-0.15, -0.1) is 0 Å². The van der Waals surface area contributed by atoms with E-state index in [9.17, 15) is 0 Å². The van der Waals surface area contributed by atoms with Gasteiger partial charge in [-0.25, -0.2) is 0 Å². The summed E-state index contributed by atoms with van der Waals surface area (Å²) in [6.45, 7) is 12.7. The molecule has 2 nitrogen and oxygen atoms in total. The molecule has 1 heterocycles. The molecule has 0 bridgehead atoms. The van der Waals surface area contributed by atoms with Crippen molar-refractivity contribution >= 4 is 33.5 Å². The van der Waals surface area contributed by atoms with Gasteiger partial charge in [-0.3, -0.25) is 4.99 Å². The molecule has 3 heteroatoms. The average molecular weight is 413 g/mol. The van der Waals surface area contributed by atoms with Gasteiger partial charge in [0.1, 0.15) is 0 Å². The molecule has 3 rings (SSSR count). The molecule has 0 spiro atoms. The molecule has 0 saturated carbocycles. The third-order valence-electron chi connectivity index (χ3n) is 5.42. The number of halogens is 1. The summed E-state index contributed by atoms with van der Waals surface area (Å²) in [5.74, 6) is 0.560. The minimum Gasteiger partial charge on any atom is -0.366 e. The van der Waals surface area contributed by atoms with Crippen LogP contribution in [0.3, 0.4) is 0 Å². The first-order valence-electron chi connectivity index (χ1n) is 9.54. The van der Waals surface area contributed by atoms with E-state index in [4.69, 9.17) is 4.99 Å². The molecule has 2 aromatic carbocycles. The predicted molar refractivity (Wildman–Crippen MR) is 117 cm³/mol. The number of fused-ring (bicyclic) bond motifs is 1. The first-order chi connectivity index (χ1) is 12.3. The van der Waals surface area contributed by atoms with E-state index in [1.807, 2.05) is 30.5 Å². The van der Waals surface area contributed by atoms with Crippen molar-refractivity contribution in [2.45, 2.75) is 58.9 Å². The molecule has 0 aromatic heterocycles. The number of nitrogens with zero attached hydrogens (tertiary/aromatic N) is 2. The van der Waals surface area contributed by atoms with Gasteiger partial charge in [0, 0.05) is 28.5 Å². The van der Waals surface area contributed by atoms with Crippen LogP contribution in [0.1, 0.15) is 63.1 Å². The number of hydrogen-bond donors (Lipinski definition) is 0. The lowest BCUT2D eigenvalue weighted by Crippen LogP contribution is -2.48. The van der Waals surface area contributed by atoms with Crippen molar-refractivity contribution < 1.29 is 0 Å². The number of rotatable bonds is 4. The molecule has 0 aliphatic carbocycles. The zero-order chi connectivity index (χ0) is 18.9. The van der Waals surface area contributed by atoms with Crippen LogP contribution in [0.5, 0.6) is 0 Å². The van der Waals surface area contributed by atoms with Gasteiger partial charge in [0.05, 0.1) is 5.69 Å². The zero-order valence-corrected chi connectivity index (χ0v) is 18.1. The monoisotopic (exact) mass is 412 g/mol. The van der Waals surface area contributed by atoms with Crippen LogP contribution < -0.4 is 4.90 Å². The Bertz CT molecular complexity index is 823. The summed E-state index contributed by atoms with van der Waals surface area (Å²) < 4.78 is 1.02. The van der Waals surface area contributed by atoms with E-state index in [-0.39, 0.29) is 5.54 Å². The van der Waals surface area contributed by atoms with Crippen molar-refractivity contribution in [1.82, 2.24) is 0 Å². The Labute approximate surface area is 166 Å². The quantitative estimate of drug-likeness (QED) is 0.492. The van der Waals surface area contributed by atoms with Gasteiger partial charge in [-0.05, 0) is 96.4 Å². The standard InChI is InChI=1S/C23H29BrN2/c1-6-11-26-22-12-16(2)18(13-19(22)17(3)14-23(26,4)5)15-25-21-10-8-7-9-20(21)24/h7-10,12-13,15,17H,6,11,14H2,1-5H3. The lowest BCUT2D eigenvalue weighted by Gasteiger charge is -2.48. The molecule has 1 aliphatic rings. The summed E-state index contributed by atoms with van der Waals surface area (Å²) in [6.07, 6.45) is 4.36. The highest BCUT2D eigenvalue weighted by molar-refractivity contribution is 9.10. The van der Waals surface area contributed by atoms with E-state index in [0.29, 0.717) is 5.92 Å². The van der Waals surface area contributed by atoms with Gasteiger partial charge < -0.3 is 4.90 Å². The van der Waals surface area contributed by atoms with Crippen molar-refractivity contribution in [1.29, 1.82) is 0 Å². The van der Waals surface area contributed by atoms with Gasteiger partial charge in [0.25, 0.3) is 0 Å². The number of aryl methyl sites for hydroxylation is 1. The van der Waals surface area contributed by atoms with Gasteiger partial charge in [-0.1, -0.05) is 26.0 Å². The predicted octanol–water partition coefficient (Wildman–Crippen LogP) is 7.01. The minimum absolute atomic E-state index is 0.208. The molecule has 26 heavy (non-hydrogen) atoms. The second kappa shape index (κ2) is 7.56. The fourth-order valence-corrected chi connectivity index (χ4v) is 4.52. The molecule has 0 N–H and O–H groups in total. The lowest BCUT2D eigenvalue weighted by atomic mass is 9.79. The Morgan fingerprint density at radius 1 is 1.27 bits per heavy atom. The van der Waals surface area contributed by atoms with Crippen molar-refractivity contribution in [3.63, 3.8) is 0 Å². The topological polar surface area (TPSA) is 15.6 Å². The van der Waals surface area contributed by atoms with Crippen LogP contribution in [-0.4, -0.2) is 18.3 Å². The second-order valence-corrected chi connectivity index (χ2v) is 8.90. The number of anilines is 1. The van der Waals surface area contributed by atoms with Crippen LogP contribution in [0, 0.1) is 6.92 Å². The van der Waals surface area contributed by atoms with E-state index in [2.05, 4.69) is 67.6 Å². The number of benzene rings is 2. The molecule has 2 aromatic rings. The van der Waals surface area contributed by atoms with Crippen LogP contribution >= 0.6 is 15.9 Å². The fourth-order valence-electron chi connectivity index (χ4n) is 4.13. The van der Waals surface area contributed by atoms with E-state index >= 15 is 0 Å². The van der Waals surface area contributed by atoms with Crippen LogP contribution in [-0.2, 0) is 0 Å². The van der Waals surface area contributed by atoms with E-state index in [1.54, 1.807) is 0 Å². The third-order valence-corrected chi connectivity index (χ3v) is 6.09. The fraction of sp³-hybridized carbons (Fsp3) is 0.435. The van der Waals surface area contributed by atoms with E-state index in [0.717, 1.165) is 16.7 Å². The van der Waals surface area contributed by atoms with Gasteiger partial charge in [0.2, 0.25) is 0 Å². The van der Waals surface area contributed by atoms with Crippen molar-refractivity contribution in [3.05, 3.63) is 57.6 Å². The van der Waals surface area contributed by atoms with Crippen LogP contribution in [0.4, 0.5) is 11.4 Å². The van der Waals surface area contributed by atoms with Crippen molar-refractivity contribution in [2.75, 3.05) is 11.4 Å². The van der Waals surface area contributed by atoms with Crippen LogP contribution in [0.25, 0.3) is 0 Å². The highest BCUT2D eigenvalue weighted by atomic mass is 79.9. The largest absolute Gasteiger partial charge is 0.366 e. The Morgan fingerprint density at radius 2 is 2.00 bits per heavy atom. The van der Waals surface area contributed by atoms with E-state index in [1.165, 1.54) is 35.2 Å². The summed E-state index contributed by atoms with van der Waals surface area (Å²) >= 11 is 3.58. The van der Waals surface area contributed by atoms with Crippen LogP contribution in [0.15, 0.2) is 45.9 Å². The SMILES string of the molecule is CCCN1c2cc(C)c(C=Nc3ccccc3Br)cc2C(C)CC1(C)C. The molecule has 1 unspecified atom stereocenters. The molecule has 0 radical (unpaired) electrons. The highest BCUT2D eigenvalue weighted by Crippen LogP contribution is 2.44. The van der Waals surface area contributed by atoms with Gasteiger partial charge in [0.15, 0.2) is 0 Å². The number of para-hydroxylation sites is 1. The van der Waals surface area contributed by atoms with Crippen LogP contribution in [0.2, 0.25) is 0 Å². The first kappa shape index (κ1) is 19.2. The third kappa shape index (κ3) is 3.73. The maximum atomic E-state index is 4.71. The highest BCUT2D eigenvalue weighted by Gasteiger charge is 2.36. The van der Waals surface area contributed by atoms with Gasteiger partial charge >= 0.3 is 0 Å². The second-order valence-electron chi connectivity index (χ2n) is 8.05. The molecule has 138 valence electrons. The first-order valence-corrected chi connectivity index (χ1v) is 10.3. The lowest BCUT2D eigenvalue weighted by molar-refractivity contribution is 0.376. The average Bonchev–Trinajstić information content (AvgIpc) is 2.58.